The van der Waals surface area contributed by atoms with Crippen LogP contribution in [0.4, 0.5) is 0 Å². The summed E-state index contributed by atoms with van der Waals surface area (Å²) in [5.41, 5.74) is -3.27. The van der Waals surface area contributed by atoms with Crippen LogP contribution in [-0.2, 0) is 32.3 Å². The van der Waals surface area contributed by atoms with Crippen molar-refractivity contribution in [2.24, 2.45) is 0 Å². The van der Waals surface area contributed by atoms with Crippen LogP contribution >= 0.6 is 15.6 Å². The number of phosphoric ester groups is 1. The van der Waals surface area contributed by atoms with E-state index >= 15 is 0 Å². The molecule has 0 aromatic carbocycles. The van der Waals surface area contributed by atoms with Gasteiger partial charge >= 0.3 is 92.7 Å². The molecule has 126 valence electrons. The van der Waals surface area contributed by atoms with Gasteiger partial charge in [-0.25, -0.2) is 13.9 Å². The molecule has 1 unspecified atom stereocenters. The Labute approximate surface area is 172 Å². The molecule has 1 atom stereocenters. The fourth-order valence-corrected chi connectivity index (χ4v) is 3.04. The van der Waals surface area contributed by atoms with Crippen LogP contribution in [0.3, 0.4) is 0 Å². The zero-order valence-corrected chi connectivity index (χ0v) is 11.6. The van der Waals surface area contributed by atoms with E-state index in [0.29, 0.717) is 0 Å². The van der Waals surface area contributed by atoms with Gasteiger partial charge in [0.1, 0.15) is 0 Å². The summed E-state index contributed by atoms with van der Waals surface area (Å²) < 4.78 is 28.9. The van der Waals surface area contributed by atoms with E-state index in [1.165, 1.54) is 0 Å². The topological polar surface area (TPSA) is 225 Å². The molecule has 0 aromatic heterocycles. The third-order valence-corrected chi connectivity index (χ3v) is 4.02. The van der Waals surface area contributed by atoms with Gasteiger partial charge in [0.25, 0.3) is 0 Å². The Balaban J connectivity index is -0.00000200. The zero-order valence-electron chi connectivity index (χ0n) is 9.85. The molecule has 13 nitrogen and oxygen atoms in total. The number of hydrogen-bond acceptors (Lipinski definition) is 7. The van der Waals surface area contributed by atoms with Gasteiger partial charge in [-0.05, 0) is 0 Å². The normalized spacial score (nSPS) is 13.9. The van der Waals surface area contributed by atoms with Crippen LogP contribution in [0.5, 0.6) is 0 Å². The molecule has 0 aliphatic heterocycles. The summed E-state index contributed by atoms with van der Waals surface area (Å²) >= 11 is 0. The Bertz CT molecular complexity index is 525. The van der Waals surface area contributed by atoms with E-state index < -0.39 is 52.0 Å². The second-order valence-electron chi connectivity index (χ2n) is 3.57. The molecule has 0 spiro atoms. The molecule has 0 radical (unpaired) electrons. The number of carboxylic acids is 3. The summed E-state index contributed by atoms with van der Waals surface area (Å²) in [7, 11) is -11.4. The molecular formula is C6H12Na2O13P2. The predicted molar refractivity (Wildman–Crippen MR) is 73.2 cm³/mol. The van der Waals surface area contributed by atoms with E-state index in [-0.39, 0.29) is 59.1 Å². The second-order valence-corrected chi connectivity index (χ2v) is 6.33. The molecular weight excluding hydrogens is 388 g/mol. The Morgan fingerprint density at radius 2 is 1.22 bits per heavy atom. The minimum absolute atomic E-state index is 0. The first-order valence-corrected chi connectivity index (χ1v) is 7.69. The fourth-order valence-electron chi connectivity index (χ4n) is 1.18. The first-order valence-electron chi connectivity index (χ1n) is 4.66. The van der Waals surface area contributed by atoms with E-state index in [1.807, 2.05) is 0 Å². The van der Waals surface area contributed by atoms with Gasteiger partial charge in [0.2, 0.25) is 0 Å². The van der Waals surface area contributed by atoms with Crippen molar-refractivity contribution in [1.29, 1.82) is 0 Å². The van der Waals surface area contributed by atoms with Crippen LogP contribution in [0, 0.1) is 0 Å². The molecule has 6 N–H and O–H groups in total. The monoisotopic (exact) mass is 400 g/mol. The van der Waals surface area contributed by atoms with Crippen LogP contribution in [0.25, 0.3) is 0 Å². The first kappa shape index (κ1) is 28.5. The quantitative estimate of drug-likeness (QED) is 0.177. The predicted octanol–water partition coefficient (Wildman–Crippen LogP) is -2.31. The van der Waals surface area contributed by atoms with Gasteiger partial charge in [-0.2, -0.15) is 4.31 Å². The minimum atomic E-state index is -5.77. The molecule has 0 rings (SSSR count). The summed E-state index contributed by atoms with van der Waals surface area (Å²) in [6.07, 6.45) is -3.16. The summed E-state index contributed by atoms with van der Waals surface area (Å²) in [5, 5.41) is 25.9. The second kappa shape index (κ2) is 10.6. The first-order chi connectivity index (χ1) is 9.19. The Kier molecular flexibility index (Phi) is 13.1. The maximum absolute atomic E-state index is 11.3. The van der Waals surface area contributed by atoms with Crippen molar-refractivity contribution in [1.82, 2.24) is 0 Å². The molecule has 0 fully saturated rings. The van der Waals surface area contributed by atoms with E-state index in [4.69, 9.17) is 30.0 Å². The van der Waals surface area contributed by atoms with Crippen molar-refractivity contribution in [3.8, 4) is 0 Å². The van der Waals surface area contributed by atoms with Crippen LogP contribution < -0.4 is 0 Å². The van der Waals surface area contributed by atoms with E-state index in [0.717, 1.165) is 0 Å². The molecule has 0 amide bonds. The van der Waals surface area contributed by atoms with Crippen molar-refractivity contribution in [3.05, 3.63) is 0 Å². The SMILES string of the molecule is O=C(O)CC(CC(=O)O)(OP(=O)(O)OP(=O)(O)O)C(=O)O.[NaH].[NaH]. The number of carboxylic acid groups (broad SMARTS) is 3. The van der Waals surface area contributed by atoms with E-state index in [1.54, 1.807) is 0 Å². The Hall–Kier alpha value is 0.670. The van der Waals surface area contributed by atoms with Gasteiger partial charge in [-0.15, -0.1) is 0 Å². The molecule has 0 aromatic rings. The average molecular weight is 400 g/mol. The molecule has 0 aliphatic rings. The van der Waals surface area contributed by atoms with Gasteiger partial charge in [0.05, 0.1) is 12.8 Å². The van der Waals surface area contributed by atoms with Gasteiger partial charge in [0.15, 0.2) is 5.60 Å². The zero-order chi connectivity index (χ0) is 17.1. The summed E-state index contributed by atoms with van der Waals surface area (Å²) in [6, 6.07) is 0. The number of aliphatic carboxylic acids is 3. The summed E-state index contributed by atoms with van der Waals surface area (Å²) in [6.45, 7) is 0. The van der Waals surface area contributed by atoms with Crippen LogP contribution in [0.1, 0.15) is 12.8 Å². The van der Waals surface area contributed by atoms with Gasteiger partial charge in [-0.3, -0.25) is 14.1 Å². The molecule has 0 saturated carbocycles. The van der Waals surface area contributed by atoms with Crippen LogP contribution in [-0.4, -0.2) is 113 Å². The van der Waals surface area contributed by atoms with Crippen molar-refractivity contribution in [2.75, 3.05) is 0 Å². The standard InChI is InChI=1S/C6H10O13P2.2Na.2H/c7-3(8)1-6(5(11)12,2-4(9)10)18-21(16,17)19-20(13,14)15;;;;/h1-2H2,(H,7,8)(H,9,10)(H,11,12)(H,16,17)(H2,13,14,15);;;;. The number of carbonyl (C=O) groups is 3. The van der Waals surface area contributed by atoms with Crippen LogP contribution in [0.2, 0.25) is 0 Å². The van der Waals surface area contributed by atoms with Crippen molar-refractivity contribution >= 4 is 92.7 Å². The van der Waals surface area contributed by atoms with E-state index in [2.05, 4.69) is 8.83 Å². The van der Waals surface area contributed by atoms with Crippen LogP contribution in [0.15, 0.2) is 0 Å². The van der Waals surface area contributed by atoms with Gasteiger partial charge in [-0.1, -0.05) is 0 Å². The average Bonchev–Trinajstić information content (AvgIpc) is 2.08. The summed E-state index contributed by atoms with van der Waals surface area (Å²) in [4.78, 5) is 57.9. The number of phosphoric acid groups is 2. The maximum atomic E-state index is 11.3. The molecule has 0 aliphatic carbocycles. The third-order valence-electron chi connectivity index (χ3n) is 1.76. The number of rotatable bonds is 9. The van der Waals surface area contributed by atoms with E-state index in [9.17, 15) is 23.5 Å². The van der Waals surface area contributed by atoms with Crippen molar-refractivity contribution in [3.63, 3.8) is 0 Å². The van der Waals surface area contributed by atoms with Crippen molar-refractivity contribution in [2.45, 2.75) is 18.4 Å². The Morgan fingerprint density at radius 3 is 1.43 bits per heavy atom. The van der Waals surface area contributed by atoms with Gasteiger partial charge < -0.3 is 30.0 Å². The number of hydrogen-bond donors (Lipinski definition) is 6. The fraction of sp³-hybridized carbons (Fsp3) is 0.500. The Morgan fingerprint density at radius 1 is 0.870 bits per heavy atom. The third kappa shape index (κ3) is 11.8. The molecule has 0 bridgehead atoms. The molecule has 17 heteroatoms. The van der Waals surface area contributed by atoms with Crippen molar-refractivity contribution < 1.29 is 62.3 Å². The molecule has 0 saturated heterocycles. The van der Waals surface area contributed by atoms with Gasteiger partial charge in [0, 0.05) is 0 Å². The molecule has 0 heterocycles. The summed E-state index contributed by atoms with van der Waals surface area (Å²) in [5.74, 6) is -6.07. The molecule has 23 heavy (non-hydrogen) atoms.